The smallest absolute Gasteiger partial charge is 0.339 e. The summed E-state index contributed by atoms with van der Waals surface area (Å²) in [6.45, 7) is 3.18. The third kappa shape index (κ3) is 4.94. The average molecular weight is 366 g/mol. The second-order valence-corrected chi connectivity index (χ2v) is 5.80. The first-order valence-electron chi connectivity index (χ1n) is 8.29. The molecule has 1 unspecified atom stereocenters. The number of nitrogens with one attached hydrogen (secondary N) is 1. The minimum atomic E-state index is -1.01. The van der Waals surface area contributed by atoms with Crippen LogP contribution >= 0.6 is 0 Å². The Morgan fingerprint density at radius 3 is 2.48 bits per heavy atom. The number of benzene rings is 2. The average Bonchev–Trinajstić information content (AvgIpc) is 3.07. The van der Waals surface area contributed by atoms with Gasteiger partial charge in [-0.1, -0.05) is 29.4 Å². The number of anilines is 1. The van der Waals surface area contributed by atoms with E-state index < -0.39 is 18.0 Å². The van der Waals surface area contributed by atoms with Crippen molar-refractivity contribution < 1.29 is 23.6 Å². The molecule has 1 aromatic heterocycles. The number of nitrogens with zero attached hydrogens (tertiary/aromatic N) is 1. The van der Waals surface area contributed by atoms with Gasteiger partial charge < -0.3 is 19.3 Å². The molecule has 3 aromatic rings. The normalized spacial score (nSPS) is 11.5. The van der Waals surface area contributed by atoms with Crippen molar-refractivity contribution in [2.24, 2.45) is 0 Å². The first kappa shape index (κ1) is 18.2. The maximum atomic E-state index is 12.3. The monoisotopic (exact) mass is 366 g/mol. The lowest BCUT2D eigenvalue weighted by Gasteiger charge is -2.13. The van der Waals surface area contributed by atoms with Crippen LogP contribution in [0.3, 0.4) is 0 Å². The predicted octanol–water partition coefficient (Wildman–Crippen LogP) is 3.96. The van der Waals surface area contributed by atoms with Gasteiger partial charge in [-0.25, -0.2) is 4.79 Å². The van der Waals surface area contributed by atoms with Crippen LogP contribution in [0.25, 0.3) is 0 Å². The van der Waals surface area contributed by atoms with Crippen LogP contribution in [0.15, 0.2) is 65.2 Å². The summed E-state index contributed by atoms with van der Waals surface area (Å²) in [6, 6.07) is 17.3. The molecule has 1 N–H and O–H groups in total. The van der Waals surface area contributed by atoms with Gasteiger partial charge in [-0.3, -0.25) is 4.79 Å². The molecule has 0 aliphatic heterocycles. The van der Waals surface area contributed by atoms with Gasteiger partial charge >= 0.3 is 5.97 Å². The van der Waals surface area contributed by atoms with Crippen LogP contribution in [-0.4, -0.2) is 23.1 Å². The van der Waals surface area contributed by atoms with Crippen LogP contribution in [0.4, 0.5) is 5.82 Å². The zero-order valence-electron chi connectivity index (χ0n) is 14.8. The number of para-hydroxylation sites is 1. The lowest BCUT2D eigenvalue weighted by molar-refractivity contribution is -0.123. The molecule has 27 heavy (non-hydrogen) atoms. The third-order valence-electron chi connectivity index (χ3n) is 3.58. The Bertz CT molecular complexity index is 936. The topological polar surface area (TPSA) is 90.7 Å². The summed E-state index contributed by atoms with van der Waals surface area (Å²) in [5, 5.41) is 6.18. The van der Waals surface area contributed by atoms with E-state index in [2.05, 4.69) is 10.5 Å². The van der Waals surface area contributed by atoms with Gasteiger partial charge in [0.25, 0.3) is 5.91 Å². The predicted molar refractivity (Wildman–Crippen MR) is 97.7 cm³/mol. The number of ether oxygens (including phenoxy) is 2. The highest BCUT2D eigenvalue weighted by Gasteiger charge is 2.20. The molecule has 138 valence electrons. The quantitative estimate of drug-likeness (QED) is 0.664. The highest BCUT2D eigenvalue weighted by atomic mass is 16.5. The molecule has 0 bridgehead atoms. The molecule has 7 nitrogen and oxygen atoms in total. The number of esters is 1. The van der Waals surface area contributed by atoms with Gasteiger partial charge in [-0.2, -0.15) is 0 Å². The lowest BCUT2D eigenvalue weighted by atomic mass is 10.2. The number of rotatable bonds is 6. The Morgan fingerprint density at radius 2 is 1.78 bits per heavy atom. The molecule has 0 radical (unpaired) electrons. The van der Waals surface area contributed by atoms with Crippen molar-refractivity contribution in [3.05, 3.63) is 72.0 Å². The minimum Gasteiger partial charge on any atom is -0.457 e. The van der Waals surface area contributed by atoms with E-state index >= 15 is 0 Å². The SMILES string of the molecule is Cc1cc(NC(=O)C(C)OC(=O)c2cccc(Oc3ccccc3)c2)no1. The Morgan fingerprint density at radius 1 is 1.04 bits per heavy atom. The van der Waals surface area contributed by atoms with E-state index in [4.69, 9.17) is 14.0 Å². The van der Waals surface area contributed by atoms with E-state index in [-0.39, 0.29) is 11.4 Å². The maximum absolute atomic E-state index is 12.3. The summed E-state index contributed by atoms with van der Waals surface area (Å²) >= 11 is 0. The summed E-state index contributed by atoms with van der Waals surface area (Å²) in [4.78, 5) is 24.4. The van der Waals surface area contributed by atoms with Gasteiger partial charge in [0.05, 0.1) is 5.56 Å². The van der Waals surface area contributed by atoms with E-state index in [1.165, 1.54) is 6.92 Å². The van der Waals surface area contributed by atoms with Crippen LogP contribution in [-0.2, 0) is 9.53 Å². The van der Waals surface area contributed by atoms with Gasteiger partial charge in [-0.05, 0) is 44.2 Å². The molecule has 0 saturated carbocycles. The number of carbonyl (C=O) groups excluding carboxylic acids is 2. The van der Waals surface area contributed by atoms with Crippen molar-refractivity contribution in [2.45, 2.75) is 20.0 Å². The van der Waals surface area contributed by atoms with Crippen LogP contribution in [0.1, 0.15) is 23.0 Å². The molecule has 0 aliphatic rings. The Kier molecular flexibility index (Phi) is 5.51. The van der Waals surface area contributed by atoms with E-state index in [1.807, 2.05) is 30.3 Å². The van der Waals surface area contributed by atoms with Crippen LogP contribution in [0.5, 0.6) is 11.5 Å². The largest absolute Gasteiger partial charge is 0.457 e. The molecule has 1 heterocycles. The fraction of sp³-hybridized carbons (Fsp3) is 0.150. The van der Waals surface area contributed by atoms with E-state index in [1.54, 1.807) is 37.3 Å². The molecule has 1 amide bonds. The molecule has 0 fully saturated rings. The zero-order valence-corrected chi connectivity index (χ0v) is 14.8. The summed E-state index contributed by atoms with van der Waals surface area (Å²) in [6.07, 6.45) is -1.01. The minimum absolute atomic E-state index is 0.263. The van der Waals surface area contributed by atoms with Gasteiger partial charge in [0.2, 0.25) is 0 Å². The van der Waals surface area contributed by atoms with Crippen molar-refractivity contribution >= 4 is 17.7 Å². The van der Waals surface area contributed by atoms with Gasteiger partial charge in [0, 0.05) is 6.07 Å². The number of carbonyl (C=O) groups is 2. The van der Waals surface area contributed by atoms with Crippen molar-refractivity contribution in [3.63, 3.8) is 0 Å². The summed E-state index contributed by atoms with van der Waals surface area (Å²) < 4.78 is 15.8. The Hall–Kier alpha value is -3.61. The first-order chi connectivity index (χ1) is 13.0. The van der Waals surface area contributed by atoms with Gasteiger partial charge in [0.15, 0.2) is 11.9 Å². The molecule has 2 aromatic carbocycles. The standard InChI is InChI=1S/C20H18N2O5/c1-13-11-18(22-27-13)21-19(23)14(2)25-20(24)15-7-6-10-17(12-15)26-16-8-4-3-5-9-16/h3-12,14H,1-2H3,(H,21,22,23). The van der Waals surface area contributed by atoms with Crippen molar-refractivity contribution in [1.29, 1.82) is 0 Å². The molecule has 3 rings (SSSR count). The second-order valence-electron chi connectivity index (χ2n) is 5.80. The van der Waals surface area contributed by atoms with Crippen molar-refractivity contribution in [3.8, 4) is 11.5 Å². The number of hydrogen-bond acceptors (Lipinski definition) is 6. The fourth-order valence-electron chi connectivity index (χ4n) is 2.25. The molecule has 0 spiro atoms. The summed E-state index contributed by atoms with van der Waals surface area (Å²) in [5.74, 6) is 0.828. The number of hydrogen-bond donors (Lipinski definition) is 1. The maximum Gasteiger partial charge on any atom is 0.339 e. The van der Waals surface area contributed by atoms with Crippen LogP contribution in [0.2, 0.25) is 0 Å². The van der Waals surface area contributed by atoms with Crippen molar-refractivity contribution in [1.82, 2.24) is 5.16 Å². The summed E-state index contributed by atoms with van der Waals surface area (Å²) in [7, 11) is 0. The van der Waals surface area contributed by atoms with Gasteiger partial charge in [0.1, 0.15) is 17.3 Å². The van der Waals surface area contributed by atoms with Gasteiger partial charge in [-0.15, -0.1) is 0 Å². The molecule has 1 atom stereocenters. The lowest BCUT2D eigenvalue weighted by Crippen LogP contribution is -2.30. The highest BCUT2D eigenvalue weighted by molar-refractivity contribution is 5.96. The first-order valence-corrected chi connectivity index (χ1v) is 8.29. The highest BCUT2D eigenvalue weighted by Crippen LogP contribution is 2.22. The second kappa shape index (κ2) is 8.18. The molecule has 0 aliphatic carbocycles. The molecule has 0 saturated heterocycles. The number of amides is 1. The summed E-state index contributed by atoms with van der Waals surface area (Å²) in [5.41, 5.74) is 0.278. The fourth-order valence-corrected chi connectivity index (χ4v) is 2.25. The van der Waals surface area contributed by atoms with Crippen LogP contribution < -0.4 is 10.1 Å². The third-order valence-corrected chi connectivity index (χ3v) is 3.58. The number of aromatic nitrogens is 1. The molecule has 7 heteroatoms. The molecular weight excluding hydrogens is 348 g/mol. The zero-order chi connectivity index (χ0) is 19.2. The van der Waals surface area contributed by atoms with E-state index in [0.717, 1.165) is 0 Å². The molecular formula is C20H18N2O5. The van der Waals surface area contributed by atoms with Crippen molar-refractivity contribution in [2.75, 3.05) is 5.32 Å². The van der Waals surface area contributed by atoms with E-state index in [0.29, 0.717) is 17.3 Å². The Balaban J connectivity index is 1.61. The number of aryl methyl sites for hydroxylation is 1. The Labute approximate surface area is 155 Å². The van der Waals surface area contributed by atoms with Crippen LogP contribution in [0, 0.1) is 6.92 Å². The van der Waals surface area contributed by atoms with E-state index in [9.17, 15) is 9.59 Å².